The number of anilines is 1. The first kappa shape index (κ1) is 14.0. The minimum absolute atomic E-state index is 0.197. The van der Waals surface area contributed by atoms with Crippen molar-refractivity contribution >= 4 is 5.95 Å². The SMILES string of the molecule is FC(F)(F)Oc1ccccc1CCNc1ncncn1. The number of alkyl halides is 3. The van der Waals surface area contributed by atoms with Crippen LogP contribution >= 0.6 is 0 Å². The summed E-state index contributed by atoms with van der Waals surface area (Å²) in [5.74, 6) is 0.173. The summed E-state index contributed by atoms with van der Waals surface area (Å²) in [7, 11) is 0. The van der Waals surface area contributed by atoms with E-state index in [0.717, 1.165) is 0 Å². The van der Waals surface area contributed by atoms with E-state index < -0.39 is 6.36 Å². The van der Waals surface area contributed by atoms with Crippen molar-refractivity contribution in [1.82, 2.24) is 15.0 Å². The Labute approximate surface area is 112 Å². The van der Waals surface area contributed by atoms with Gasteiger partial charge in [-0.3, -0.25) is 0 Å². The first-order valence-corrected chi connectivity index (χ1v) is 5.74. The fourth-order valence-electron chi connectivity index (χ4n) is 1.57. The molecule has 0 fully saturated rings. The van der Waals surface area contributed by atoms with E-state index in [0.29, 0.717) is 24.5 Å². The van der Waals surface area contributed by atoms with Gasteiger partial charge in [-0.15, -0.1) is 13.2 Å². The summed E-state index contributed by atoms with van der Waals surface area (Å²) in [5, 5.41) is 2.88. The highest BCUT2D eigenvalue weighted by Gasteiger charge is 2.31. The van der Waals surface area contributed by atoms with E-state index in [1.54, 1.807) is 12.1 Å². The third-order valence-electron chi connectivity index (χ3n) is 2.37. The predicted molar refractivity (Wildman–Crippen MR) is 65.1 cm³/mol. The third kappa shape index (κ3) is 4.38. The molecule has 0 amide bonds. The summed E-state index contributed by atoms with van der Waals surface area (Å²) in [6.45, 7) is 0.377. The number of hydrogen-bond acceptors (Lipinski definition) is 5. The maximum absolute atomic E-state index is 12.2. The van der Waals surface area contributed by atoms with E-state index in [-0.39, 0.29) is 5.75 Å². The molecule has 106 valence electrons. The molecule has 8 heteroatoms. The molecule has 1 heterocycles. The Morgan fingerprint density at radius 1 is 1.10 bits per heavy atom. The van der Waals surface area contributed by atoms with E-state index in [2.05, 4.69) is 25.0 Å². The third-order valence-corrected chi connectivity index (χ3v) is 2.37. The number of ether oxygens (including phenoxy) is 1. The minimum atomic E-state index is -4.70. The molecule has 2 aromatic rings. The van der Waals surface area contributed by atoms with Crippen molar-refractivity contribution in [2.45, 2.75) is 12.8 Å². The lowest BCUT2D eigenvalue weighted by Gasteiger charge is -2.13. The lowest BCUT2D eigenvalue weighted by Crippen LogP contribution is -2.18. The monoisotopic (exact) mass is 284 g/mol. The normalized spacial score (nSPS) is 11.2. The van der Waals surface area contributed by atoms with Gasteiger partial charge in [0.15, 0.2) is 0 Å². The van der Waals surface area contributed by atoms with E-state index in [9.17, 15) is 13.2 Å². The van der Waals surface area contributed by atoms with Gasteiger partial charge in [-0.25, -0.2) is 15.0 Å². The number of nitrogens with one attached hydrogen (secondary N) is 1. The number of aromatic nitrogens is 3. The fourth-order valence-corrected chi connectivity index (χ4v) is 1.57. The average Bonchev–Trinajstić information content (AvgIpc) is 2.40. The van der Waals surface area contributed by atoms with Crippen LogP contribution in [-0.4, -0.2) is 27.9 Å². The van der Waals surface area contributed by atoms with Crippen LogP contribution in [0.5, 0.6) is 5.75 Å². The Morgan fingerprint density at radius 2 is 1.80 bits per heavy atom. The van der Waals surface area contributed by atoms with Crippen molar-refractivity contribution in [3.05, 3.63) is 42.5 Å². The summed E-state index contributed by atoms with van der Waals surface area (Å²) in [6, 6.07) is 6.01. The van der Waals surface area contributed by atoms with Crippen LogP contribution in [0.3, 0.4) is 0 Å². The van der Waals surface area contributed by atoms with Crippen LogP contribution in [0.15, 0.2) is 36.9 Å². The molecule has 0 aliphatic carbocycles. The number of rotatable bonds is 5. The molecule has 0 unspecified atom stereocenters. The highest BCUT2D eigenvalue weighted by atomic mass is 19.4. The van der Waals surface area contributed by atoms with Gasteiger partial charge in [-0.05, 0) is 18.1 Å². The molecule has 0 saturated carbocycles. The largest absolute Gasteiger partial charge is 0.573 e. The number of nitrogens with zero attached hydrogens (tertiary/aromatic N) is 3. The van der Waals surface area contributed by atoms with Gasteiger partial charge in [-0.1, -0.05) is 18.2 Å². The minimum Gasteiger partial charge on any atom is -0.406 e. The molecule has 5 nitrogen and oxygen atoms in total. The van der Waals surface area contributed by atoms with Crippen LogP contribution < -0.4 is 10.1 Å². The van der Waals surface area contributed by atoms with Gasteiger partial charge in [0.1, 0.15) is 18.4 Å². The smallest absolute Gasteiger partial charge is 0.406 e. The van der Waals surface area contributed by atoms with Gasteiger partial charge in [0.25, 0.3) is 0 Å². The second-order valence-electron chi connectivity index (χ2n) is 3.79. The van der Waals surface area contributed by atoms with Gasteiger partial charge in [0.05, 0.1) is 0 Å². The molecule has 0 aliphatic heterocycles. The quantitative estimate of drug-likeness (QED) is 0.913. The van der Waals surface area contributed by atoms with E-state index in [1.165, 1.54) is 24.8 Å². The fraction of sp³-hybridized carbons (Fsp3) is 0.250. The lowest BCUT2D eigenvalue weighted by molar-refractivity contribution is -0.274. The maximum Gasteiger partial charge on any atom is 0.573 e. The van der Waals surface area contributed by atoms with E-state index in [4.69, 9.17) is 0 Å². The summed E-state index contributed by atoms with van der Waals surface area (Å²) >= 11 is 0. The number of hydrogen-bond donors (Lipinski definition) is 1. The predicted octanol–water partition coefficient (Wildman–Crippen LogP) is 2.42. The second-order valence-corrected chi connectivity index (χ2v) is 3.79. The van der Waals surface area contributed by atoms with Gasteiger partial charge >= 0.3 is 6.36 Å². The summed E-state index contributed by atoms with van der Waals surface area (Å²) < 4.78 is 40.7. The second kappa shape index (κ2) is 6.18. The number of halogens is 3. The Morgan fingerprint density at radius 3 is 2.50 bits per heavy atom. The van der Waals surface area contributed by atoms with Gasteiger partial charge in [0, 0.05) is 6.54 Å². The zero-order chi connectivity index (χ0) is 14.4. The maximum atomic E-state index is 12.2. The summed E-state index contributed by atoms with van der Waals surface area (Å²) in [4.78, 5) is 11.4. The Hall–Kier alpha value is -2.38. The summed E-state index contributed by atoms with van der Waals surface area (Å²) in [5.41, 5.74) is 0.450. The van der Waals surface area contributed by atoms with Crippen molar-refractivity contribution in [3.63, 3.8) is 0 Å². The molecule has 0 spiro atoms. The van der Waals surface area contributed by atoms with Gasteiger partial charge in [-0.2, -0.15) is 0 Å². The first-order valence-electron chi connectivity index (χ1n) is 5.74. The average molecular weight is 284 g/mol. The van der Waals surface area contributed by atoms with Crippen LogP contribution in [0, 0.1) is 0 Å². The number of para-hydroxylation sites is 1. The molecule has 20 heavy (non-hydrogen) atoms. The van der Waals surface area contributed by atoms with Gasteiger partial charge < -0.3 is 10.1 Å². The van der Waals surface area contributed by atoms with Crippen molar-refractivity contribution in [2.75, 3.05) is 11.9 Å². The molecular weight excluding hydrogens is 273 g/mol. The molecule has 0 atom stereocenters. The zero-order valence-electron chi connectivity index (χ0n) is 10.3. The van der Waals surface area contributed by atoms with Crippen molar-refractivity contribution in [1.29, 1.82) is 0 Å². The zero-order valence-corrected chi connectivity index (χ0v) is 10.3. The topological polar surface area (TPSA) is 59.9 Å². The molecule has 0 aliphatic rings. The first-order chi connectivity index (χ1) is 9.54. The Bertz CT molecular complexity index is 548. The Kier molecular flexibility index (Phi) is 4.34. The van der Waals surface area contributed by atoms with Crippen molar-refractivity contribution in [3.8, 4) is 5.75 Å². The van der Waals surface area contributed by atoms with Crippen LogP contribution in [0.25, 0.3) is 0 Å². The van der Waals surface area contributed by atoms with Crippen molar-refractivity contribution < 1.29 is 17.9 Å². The standard InChI is InChI=1S/C12H11F3N4O/c13-12(14,15)20-10-4-2-1-3-9(10)5-6-17-11-18-7-16-8-19-11/h1-4,7-8H,5-6H2,(H,16,17,18,19). The molecule has 1 N–H and O–H groups in total. The molecular formula is C12H11F3N4O. The van der Waals surface area contributed by atoms with E-state index >= 15 is 0 Å². The van der Waals surface area contributed by atoms with E-state index in [1.807, 2.05) is 0 Å². The van der Waals surface area contributed by atoms with Crippen LogP contribution in [0.1, 0.15) is 5.56 Å². The summed E-state index contributed by atoms with van der Waals surface area (Å²) in [6.07, 6.45) is -1.69. The molecule has 0 bridgehead atoms. The molecule has 0 saturated heterocycles. The highest BCUT2D eigenvalue weighted by Crippen LogP contribution is 2.26. The highest BCUT2D eigenvalue weighted by molar-refractivity contribution is 5.34. The molecule has 2 rings (SSSR count). The Balaban J connectivity index is 1.96. The number of benzene rings is 1. The van der Waals surface area contributed by atoms with Crippen LogP contribution in [0.4, 0.5) is 19.1 Å². The van der Waals surface area contributed by atoms with Gasteiger partial charge in [0.2, 0.25) is 5.95 Å². The van der Waals surface area contributed by atoms with Crippen molar-refractivity contribution in [2.24, 2.45) is 0 Å². The molecule has 1 aromatic heterocycles. The lowest BCUT2D eigenvalue weighted by atomic mass is 10.1. The molecule has 0 radical (unpaired) electrons. The molecule has 1 aromatic carbocycles. The van der Waals surface area contributed by atoms with Crippen LogP contribution in [-0.2, 0) is 6.42 Å². The van der Waals surface area contributed by atoms with Crippen LogP contribution in [0.2, 0.25) is 0 Å².